The van der Waals surface area contributed by atoms with Crippen LogP contribution >= 0.6 is 11.6 Å². The molecule has 0 bridgehead atoms. The second-order valence-electron chi connectivity index (χ2n) is 4.23. The van der Waals surface area contributed by atoms with E-state index in [0.717, 1.165) is 5.69 Å². The van der Waals surface area contributed by atoms with Gasteiger partial charge in [0.2, 0.25) is 5.91 Å². The predicted octanol–water partition coefficient (Wildman–Crippen LogP) is 1.61. The van der Waals surface area contributed by atoms with Gasteiger partial charge >= 0.3 is 0 Å². The highest BCUT2D eigenvalue weighted by Gasteiger charge is 2.07. The van der Waals surface area contributed by atoms with E-state index in [2.05, 4.69) is 10.6 Å². The molecule has 0 radical (unpaired) electrons. The standard InChI is InChI=1S/C13H20ClN3O2/c1-9(8-15)17-13(18)5-6-16-11-7-10(14)3-4-12(11)19-2/h3-4,7,9,16H,5-6,8,15H2,1-2H3,(H,17,18)/t9-/m0/s1. The number of nitrogens with one attached hydrogen (secondary N) is 2. The molecule has 0 heterocycles. The van der Waals surface area contributed by atoms with Crippen LogP contribution in [-0.4, -0.2) is 32.1 Å². The smallest absolute Gasteiger partial charge is 0.222 e. The van der Waals surface area contributed by atoms with Crippen LogP contribution in [0.25, 0.3) is 0 Å². The number of carbonyl (C=O) groups excluding carboxylic acids is 1. The molecule has 0 spiro atoms. The third kappa shape index (κ3) is 5.36. The van der Waals surface area contributed by atoms with Crippen LogP contribution in [0.3, 0.4) is 0 Å². The van der Waals surface area contributed by atoms with Gasteiger partial charge < -0.3 is 21.1 Å². The molecule has 19 heavy (non-hydrogen) atoms. The topological polar surface area (TPSA) is 76.4 Å². The molecule has 1 rings (SSSR count). The van der Waals surface area contributed by atoms with Crippen molar-refractivity contribution in [2.75, 3.05) is 25.5 Å². The summed E-state index contributed by atoms with van der Waals surface area (Å²) >= 11 is 5.91. The number of carbonyl (C=O) groups is 1. The van der Waals surface area contributed by atoms with Crippen molar-refractivity contribution in [1.82, 2.24) is 5.32 Å². The first-order valence-corrected chi connectivity index (χ1v) is 6.51. The Bertz CT molecular complexity index is 426. The molecular weight excluding hydrogens is 266 g/mol. The summed E-state index contributed by atoms with van der Waals surface area (Å²) in [5, 5.41) is 6.54. The minimum Gasteiger partial charge on any atom is -0.495 e. The van der Waals surface area contributed by atoms with Crippen molar-refractivity contribution in [2.24, 2.45) is 5.73 Å². The molecule has 0 unspecified atom stereocenters. The van der Waals surface area contributed by atoms with Crippen molar-refractivity contribution >= 4 is 23.2 Å². The van der Waals surface area contributed by atoms with Crippen molar-refractivity contribution in [1.29, 1.82) is 0 Å². The van der Waals surface area contributed by atoms with E-state index in [0.29, 0.717) is 30.3 Å². The van der Waals surface area contributed by atoms with Gasteiger partial charge in [-0.15, -0.1) is 0 Å². The fourth-order valence-corrected chi connectivity index (χ4v) is 1.71. The van der Waals surface area contributed by atoms with Gasteiger partial charge in [0.1, 0.15) is 5.75 Å². The molecule has 6 heteroatoms. The van der Waals surface area contributed by atoms with Gasteiger partial charge in [0.15, 0.2) is 0 Å². The number of hydrogen-bond donors (Lipinski definition) is 3. The second-order valence-corrected chi connectivity index (χ2v) is 4.66. The van der Waals surface area contributed by atoms with Crippen LogP contribution in [0.15, 0.2) is 18.2 Å². The number of rotatable bonds is 7. The molecule has 106 valence electrons. The monoisotopic (exact) mass is 285 g/mol. The van der Waals surface area contributed by atoms with E-state index in [-0.39, 0.29) is 11.9 Å². The summed E-state index contributed by atoms with van der Waals surface area (Å²) in [7, 11) is 1.59. The highest BCUT2D eigenvalue weighted by atomic mass is 35.5. The van der Waals surface area contributed by atoms with Crippen LogP contribution in [-0.2, 0) is 4.79 Å². The maximum atomic E-state index is 11.6. The van der Waals surface area contributed by atoms with Crippen LogP contribution in [0.2, 0.25) is 5.02 Å². The third-order valence-corrected chi connectivity index (χ3v) is 2.83. The van der Waals surface area contributed by atoms with Crippen molar-refractivity contribution in [2.45, 2.75) is 19.4 Å². The summed E-state index contributed by atoms with van der Waals surface area (Å²) in [5.41, 5.74) is 6.21. The van der Waals surface area contributed by atoms with Crippen LogP contribution < -0.4 is 21.1 Å². The summed E-state index contributed by atoms with van der Waals surface area (Å²) in [6.45, 7) is 2.80. The molecule has 4 N–H and O–H groups in total. The lowest BCUT2D eigenvalue weighted by Gasteiger charge is -2.13. The highest BCUT2D eigenvalue weighted by Crippen LogP contribution is 2.27. The van der Waals surface area contributed by atoms with Gasteiger partial charge in [-0.25, -0.2) is 0 Å². The lowest BCUT2D eigenvalue weighted by Crippen LogP contribution is -2.38. The number of benzene rings is 1. The molecule has 0 saturated carbocycles. The molecule has 0 aliphatic rings. The van der Waals surface area contributed by atoms with Crippen LogP contribution in [0, 0.1) is 0 Å². The first-order chi connectivity index (χ1) is 9.06. The Morgan fingerprint density at radius 3 is 2.89 bits per heavy atom. The molecule has 0 aliphatic heterocycles. The molecule has 5 nitrogen and oxygen atoms in total. The Hall–Kier alpha value is -1.46. The molecule has 0 aliphatic carbocycles. The minimum atomic E-state index is -0.0357. The lowest BCUT2D eigenvalue weighted by molar-refractivity contribution is -0.121. The predicted molar refractivity (Wildman–Crippen MR) is 77.8 cm³/mol. The Balaban J connectivity index is 2.44. The average Bonchev–Trinajstić information content (AvgIpc) is 2.38. The SMILES string of the molecule is COc1ccc(Cl)cc1NCCC(=O)N[C@@H](C)CN. The van der Waals surface area contributed by atoms with Crippen LogP contribution in [0.4, 0.5) is 5.69 Å². The first kappa shape index (κ1) is 15.6. The normalized spacial score (nSPS) is 11.8. The maximum absolute atomic E-state index is 11.6. The molecule has 0 aromatic heterocycles. The van der Waals surface area contributed by atoms with Gasteiger partial charge in [0, 0.05) is 30.6 Å². The number of anilines is 1. The fraction of sp³-hybridized carbons (Fsp3) is 0.462. The number of ether oxygens (including phenoxy) is 1. The summed E-state index contributed by atoms with van der Waals surface area (Å²) in [4.78, 5) is 11.6. The molecule has 1 amide bonds. The molecule has 1 aromatic rings. The summed E-state index contributed by atoms with van der Waals surface area (Å²) in [5.74, 6) is 0.659. The van der Waals surface area contributed by atoms with E-state index >= 15 is 0 Å². The summed E-state index contributed by atoms with van der Waals surface area (Å²) in [6, 6.07) is 5.29. The van der Waals surface area contributed by atoms with Crippen molar-refractivity contribution in [3.8, 4) is 5.75 Å². The number of nitrogens with two attached hydrogens (primary N) is 1. The van der Waals surface area contributed by atoms with Gasteiger partial charge in [-0.05, 0) is 25.1 Å². The van der Waals surface area contributed by atoms with E-state index in [1.807, 2.05) is 6.92 Å². The Labute approximate surface area is 118 Å². The summed E-state index contributed by atoms with van der Waals surface area (Å²) in [6.07, 6.45) is 0.361. The van der Waals surface area contributed by atoms with Crippen molar-refractivity contribution < 1.29 is 9.53 Å². The number of hydrogen-bond acceptors (Lipinski definition) is 4. The molecule has 0 fully saturated rings. The fourth-order valence-electron chi connectivity index (χ4n) is 1.53. The molecule has 0 saturated heterocycles. The third-order valence-electron chi connectivity index (χ3n) is 2.59. The largest absolute Gasteiger partial charge is 0.495 e. The Morgan fingerprint density at radius 2 is 2.26 bits per heavy atom. The van der Waals surface area contributed by atoms with E-state index in [1.54, 1.807) is 25.3 Å². The van der Waals surface area contributed by atoms with E-state index < -0.39 is 0 Å². The molecule has 1 aromatic carbocycles. The zero-order valence-electron chi connectivity index (χ0n) is 11.2. The highest BCUT2D eigenvalue weighted by molar-refractivity contribution is 6.30. The van der Waals surface area contributed by atoms with Gasteiger partial charge in [-0.1, -0.05) is 11.6 Å². The average molecular weight is 286 g/mol. The van der Waals surface area contributed by atoms with E-state index in [9.17, 15) is 4.79 Å². The zero-order chi connectivity index (χ0) is 14.3. The Morgan fingerprint density at radius 1 is 1.53 bits per heavy atom. The van der Waals surface area contributed by atoms with Crippen molar-refractivity contribution in [3.63, 3.8) is 0 Å². The van der Waals surface area contributed by atoms with Crippen LogP contribution in [0.1, 0.15) is 13.3 Å². The van der Waals surface area contributed by atoms with E-state index in [4.69, 9.17) is 22.1 Å². The maximum Gasteiger partial charge on any atom is 0.222 e. The first-order valence-electron chi connectivity index (χ1n) is 6.13. The van der Waals surface area contributed by atoms with Crippen LogP contribution in [0.5, 0.6) is 5.75 Å². The minimum absolute atomic E-state index is 0.00629. The quantitative estimate of drug-likeness (QED) is 0.711. The number of halogens is 1. The molecule has 1 atom stereocenters. The van der Waals surface area contributed by atoms with E-state index in [1.165, 1.54) is 0 Å². The van der Waals surface area contributed by atoms with Gasteiger partial charge in [-0.3, -0.25) is 4.79 Å². The van der Waals surface area contributed by atoms with Gasteiger partial charge in [0.25, 0.3) is 0 Å². The summed E-state index contributed by atoms with van der Waals surface area (Å²) < 4.78 is 5.20. The zero-order valence-corrected chi connectivity index (χ0v) is 12.0. The van der Waals surface area contributed by atoms with Gasteiger partial charge in [0.05, 0.1) is 12.8 Å². The molecular formula is C13H20ClN3O2. The number of amides is 1. The second kappa shape index (κ2) is 7.86. The van der Waals surface area contributed by atoms with Gasteiger partial charge in [-0.2, -0.15) is 0 Å². The number of methoxy groups -OCH3 is 1. The lowest BCUT2D eigenvalue weighted by atomic mass is 10.2. The van der Waals surface area contributed by atoms with Crippen molar-refractivity contribution in [3.05, 3.63) is 23.2 Å². The Kier molecular flexibility index (Phi) is 6.45.